The van der Waals surface area contributed by atoms with Crippen LogP contribution >= 0.6 is 0 Å². The van der Waals surface area contributed by atoms with E-state index in [1.54, 1.807) is 12.3 Å². The molecule has 3 amide bonds. The van der Waals surface area contributed by atoms with Crippen LogP contribution in [0.25, 0.3) is 0 Å². The highest BCUT2D eigenvalue weighted by Crippen LogP contribution is 2.44. The largest absolute Gasteiger partial charge is 0.337 e. The molecule has 2 aromatic heterocycles. The number of hydrogen-bond donors (Lipinski definition) is 2. The van der Waals surface area contributed by atoms with Crippen LogP contribution in [0.15, 0.2) is 18.3 Å². The molecule has 2 atom stereocenters. The third-order valence-corrected chi connectivity index (χ3v) is 5.78. The van der Waals surface area contributed by atoms with Crippen molar-refractivity contribution >= 4 is 11.9 Å². The third-order valence-electron chi connectivity index (χ3n) is 5.78. The molecule has 9 nitrogen and oxygen atoms in total. The Morgan fingerprint density at radius 3 is 2.62 bits per heavy atom. The number of carbonyl (C=O) groups is 2. The van der Waals surface area contributed by atoms with Crippen molar-refractivity contribution in [1.29, 1.82) is 0 Å². The number of urea groups is 1. The zero-order valence-electron chi connectivity index (χ0n) is 17.3. The van der Waals surface area contributed by atoms with Gasteiger partial charge in [-0.1, -0.05) is 0 Å². The minimum Gasteiger partial charge on any atom is -0.337 e. The van der Waals surface area contributed by atoms with Gasteiger partial charge >= 0.3 is 6.03 Å². The molecule has 0 saturated carbocycles. The SMILES string of the molecule is Cc1cc(C(=O)N2C[C@@H]3CN(C(=O)NC(C)C)C[C@]3(c3n[nH]c(C)n3)C2)ccn1. The number of likely N-dealkylation sites (tertiary alicyclic amines) is 2. The maximum atomic E-state index is 13.1. The summed E-state index contributed by atoms with van der Waals surface area (Å²) in [5.41, 5.74) is 0.982. The molecule has 0 aromatic carbocycles. The molecule has 0 bridgehead atoms. The number of nitrogens with zero attached hydrogens (tertiary/aromatic N) is 5. The Labute approximate surface area is 169 Å². The Morgan fingerprint density at radius 1 is 1.24 bits per heavy atom. The number of aromatic nitrogens is 4. The smallest absolute Gasteiger partial charge is 0.317 e. The summed E-state index contributed by atoms with van der Waals surface area (Å²) >= 11 is 0. The van der Waals surface area contributed by atoms with Gasteiger partial charge in [-0.3, -0.25) is 14.9 Å². The van der Waals surface area contributed by atoms with Gasteiger partial charge in [-0.2, -0.15) is 5.10 Å². The monoisotopic (exact) mass is 397 g/mol. The van der Waals surface area contributed by atoms with Crippen LogP contribution < -0.4 is 5.32 Å². The van der Waals surface area contributed by atoms with E-state index < -0.39 is 5.41 Å². The van der Waals surface area contributed by atoms with Crippen molar-refractivity contribution in [2.75, 3.05) is 26.2 Å². The van der Waals surface area contributed by atoms with E-state index >= 15 is 0 Å². The van der Waals surface area contributed by atoms with Crippen LogP contribution in [0, 0.1) is 19.8 Å². The second-order valence-electron chi connectivity index (χ2n) is 8.45. The summed E-state index contributed by atoms with van der Waals surface area (Å²) in [5, 5.41) is 10.3. The van der Waals surface area contributed by atoms with Crippen molar-refractivity contribution in [2.45, 2.75) is 39.2 Å². The van der Waals surface area contributed by atoms with Gasteiger partial charge in [0, 0.05) is 55.6 Å². The van der Waals surface area contributed by atoms with E-state index in [0.29, 0.717) is 37.6 Å². The number of aromatic amines is 1. The maximum Gasteiger partial charge on any atom is 0.317 e. The summed E-state index contributed by atoms with van der Waals surface area (Å²) in [5.74, 6) is 1.48. The van der Waals surface area contributed by atoms with E-state index in [1.165, 1.54) is 0 Å². The maximum absolute atomic E-state index is 13.1. The number of H-pyrrole nitrogens is 1. The van der Waals surface area contributed by atoms with Crippen molar-refractivity contribution in [3.8, 4) is 0 Å². The predicted molar refractivity (Wildman–Crippen MR) is 106 cm³/mol. The van der Waals surface area contributed by atoms with Gasteiger partial charge in [0.25, 0.3) is 5.91 Å². The molecule has 0 aliphatic carbocycles. The average molecular weight is 397 g/mol. The molecule has 2 saturated heterocycles. The van der Waals surface area contributed by atoms with Crippen LogP contribution in [0.3, 0.4) is 0 Å². The summed E-state index contributed by atoms with van der Waals surface area (Å²) in [6.07, 6.45) is 1.66. The molecule has 4 heterocycles. The summed E-state index contributed by atoms with van der Waals surface area (Å²) in [4.78, 5) is 38.2. The van der Waals surface area contributed by atoms with E-state index in [9.17, 15) is 9.59 Å². The molecule has 154 valence electrons. The van der Waals surface area contributed by atoms with E-state index in [4.69, 9.17) is 0 Å². The second kappa shape index (κ2) is 7.13. The highest BCUT2D eigenvalue weighted by Gasteiger charge is 2.57. The highest BCUT2D eigenvalue weighted by molar-refractivity contribution is 5.94. The highest BCUT2D eigenvalue weighted by atomic mass is 16.2. The van der Waals surface area contributed by atoms with Crippen LogP contribution in [0.2, 0.25) is 0 Å². The van der Waals surface area contributed by atoms with Crippen molar-refractivity contribution in [3.63, 3.8) is 0 Å². The molecule has 2 N–H and O–H groups in total. The molecule has 2 fully saturated rings. The Bertz CT molecular complexity index is 940. The fourth-order valence-corrected chi connectivity index (χ4v) is 4.46. The number of pyridine rings is 1. The standard InChI is InChI=1S/C20H27N7O2/c1-12(2)22-19(29)27-9-16-8-26(17(28)15-5-6-21-13(3)7-15)10-20(16,11-27)18-23-14(4)24-25-18/h5-7,12,16H,8-11H2,1-4H3,(H,22,29)(H,23,24,25)/t16-,20-/m1/s1. The van der Waals surface area contributed by atoms with Crippen molar-refractivity contribution < 1.29 is 9.59 Å². The lowest BCUT2D eigenvalue weighted by Crippen LogP contribution is -2.46. The number of nitrogens with one attached hydrogen (secondary N) is 2. The van der Waals surface area contributed by atoms with Crippen molar-refractivity contribution in [3.05, 3.63) is 41.2 Å². The number of hydrogen-bond acceptors (Lipinski definition) is 5. The van der Waals surface area contributed by atoms with Gasteiger partial charge in [-0.05, 0) is 39.8 Å². The number of aryl methyl sites for hydroxylation is 2. The second-order valence-corrected chi connectivity index (χ2v) is 8.45. The van der Waals surface area contributed by atoms with Gasteiger partial charge < -0.3 is 15.1 Å². The Morgan fingerprint density at radius 2 is 1.97 bits per heavy atom. The van der Waals surface area contributed by atoms with Gasteiger partial charge in [0.05, 0.1) is 5.41 Å². The van der Waals surface area contributed by atoms with E-state index in [1.807, 2.05) is 43.6 Å². The summed E-state index contributed by atoms with van der Waals surface area (Å²) in [7, 11) is 0. The third kappa shape index (κ3) is 3.45. The number of rotatable bonds is 3. The van der Waals surface area contributed by atoms with Gasteiger partial charge in [-0.25, -0.2) is 9.78 Å². The Balaban J connectivity index is 1.61. The molecule has 9 heteroatoms. The molecule has 0 spiro atoms. The first-order valence-electron chi connectivity index (χ1n) is 9.95. The molecule has 4 rings (SSSR count). The average Bonchev–Trinajstić information content (AvgIpc) is 3.32. The number of fused-ring (bicyclic) bond motifs is 1. The van der Waals surface area contributed by atoms with E-state index in [2.05, 4.69) is 25.5 Å². The predicted octanol–water partition coefficient (Wildman–Crippen LogP) is 1.26. The van der Waals surface area contributed by atoms with Gasteiger partial charge in [0.1, 0.15) is 5.82 Å². The molecular formula is C20H27N7O2. The minimum absolute atomic E-state index is 0.0188. The van der Waals surface area contributed by atoms with Gasteiger partial charge in [0.2, 0.25) is 0 Å². The van der Waals surface area contributed by atoms with Crippen LogP contribution in [0.5, 0.6) is 0 Å². The number of carbonyl (C=O) groups excluding carboxylic acids is 2. The molecule has 0 radical (unpaired) electrons. The van der Waals surface area contributed by atoms with Crippen molar-refractivity contribution in [1.82, 2.24) is 35.3 Å². The fourth-order valence-electron chi connectivity index (χ4n) is 4.46. The zero-order chi connectivity index (χ0) is 20.8. The quantitative estimate of drug-likeness (QED) is 0.811. The topological polar surface area (TPSA) is 107 Å². The Kier molecular flexibility index (Phi) is 4.76. The van der Waals surface area contributed by atoms with Gasteiger partial charge in [-0.15, -0.1) is 0 Å². The first-order chi connectivity index (χ1) is 13.8. The summed E-state index contributed by atoms with van der Waals surface area (Å²) in [6, 6.07) is 3.54. The molecule has 2 aromatic rings. The van der Waals surface area contributed by atoms with E-state index in [-0.39, 0.29) is 23.9 Å². The molecular weight excluding hydrogens is 370 g/mol. The lowest BCUT2D eigenvalue weighted by atomic mass is 9.80. The van der Waals surface area contributed by atoms with Crippen LogP contribution in [-0.2, 0) is 5.41 Å². The molecule has 2 aliphatic heterocycles. The lowest BCUT2D eigenvalue weighted by molar-refractivity contribution is 0.0772. The first-order valence-corrected chi connectivity index (χ1v) is 9.95. The van der Waals surface area contributed by atoms with Crippen LogP contribution in [0.1, 0.15) is 41.5 Å². The Hall–Kier alpha value is -2.97. The minimum atomic E-state index is -0.461. The first kappa shape index (κ1) is 19.4. The van der Waals surface area contributed by atoms with E-state index in [0.717, 1.165) is 11.5 Å². The molecule has 29 heavy (non-hydrogen) atoms. The molecule has 0 unspecified atom stereocenters. The number of amides is 3. The van der Waals surface area contributed by atoms with Crippen molar-refractivity contribution in [2.24, 2.45) is 5.92 Å². The molecule has 2 aliphatic rings. The lowest BCUT2D eigenvalue weighted by Gasteiger charge is -2.27. The zero-order valence-corrected chi connectivity index (χ0v) is 17.3. The summed E-state index contributed by atoms with van der Waals surface area (Å²) < 4.78 is 0. The van der Waals surface area contributed by atoms with Gasteiger partial charge in [0.15, 0.2) is 5.82 Å². The summed E-state index contributed by atoms with van der Waals surface area (Å²) in [6.45, 7) is 9.75. The van der Waals surface area contributed by atoms with Crippen LogP contribution in [-0.4, -0.2) is 74.1 Å². The van der Waals surface area contributed by atoms with Crippen LogP contribution in [0.4, 0.5) is 4.79 Å². The fraction of sp³-hybridized carbons (Fsp3) is 0.550. The normalized spacial score (nSPS) is 23.6.